The highest BCUT2D eigenvalue weighted by Crippen LogP contribution is 2.33. The molecule has 4 heteroatoms. The minimum absolute atomic E-state index is 0.150. The average molecular weight is 244 g/mol. The molecule has 0 saturated heterocycles. The minimum atomic E-state index is -0.150. The van der Waals surface area contributed by atoms with E-state index in [0.717, 1.165) is 17.1 Å². The van der Waals surface area contributed by atoms with E-state index < -0.39 is 0 Å². The third kappa shape index (κ3) is 1.78. The molecule has 0 aromatic heterocycles. The molecule has 3 nitrogen and oxygen atoms in total. The van der Waals surface area contributed by atoms with Gasteiger partial charge in [-0.05, 0) is 17.7 Å². The van der Waals surface area contributed by atoms with E-state index in [0.29, 0.717) is 13.2 Å². The quantitative estimate of drug-likeness (QED) is 0.605. The molecule has 0 fully saturated rings. The van der Waals surface area contributed by atoms with Crippen molar-refractivity contribution in [3.63, 3.8) is 0 Å². The smallest absolute Gasteiger partial charge is 0.161 e. The molecule has 0 spiro atoms. The van der Waals surface area contributed by atoms with E-state index in [1.807, 2.05) is 18.2 Å². The number of rotatable bonds is 1. The summed E-state index contributed by atoms with van der Waals surface area (Å²) in [4.78, 5) is -0.150. The molecule has 1 aliphatic rings. The largest absolute Gasteiger partial charge is 0.486 e. The van der Waals surface area contributed by atoms with Crippen LogP contribution in [0.4, 0.5) is 0 Å². The van der Waals surface area contributed by atoms with E-state index in [1.165, 1.54) is 0 Å². The molecule has 0 bridgehead atoms. The van der Waals surface area contributed by atoms with Crippen LogP contribution in [0, 0.1) is 0 Å². The molecule has 1 heterocycles. The van der Waals surface area contributed by atoms with Gasteiger partial charge >= 0.3 is 0 Å². The van der Waals surface area contributed by atoms with Crippen LogP contribution in [0.1, 0.15) is 10.5 Å². The third-order valence-electron chi connectivity index (χ3n) is 1.88. The Hall–Kier alpha value is -0.740. The minimum Gasteiger partial charge on any atom is -0.486 e. The summed E-state index contributed by atoms with van der Waals surface area (Å²) >= 11 is 3.29. The molecule has 1 atom stereocenters. The van der Waals surface area contributed by atoms with Crippen molar-refractivity contribution < 1.29 is 9.47 Å². The van der Waals surface area contributed by atoms with E-state index in [1.54, 1.807) is 0 Å². The summed E-state index contributed by atoms with van der Waals surface area (Å²) in [5.41, 5.74) is 6.66. The van der Waals surface area contributed by atoms with E-state index in [4.69, 9.17) is 15.2 Å². The van der Waals surface area contributed by atoms with Gasteiger partial charge in [-0.3, -0.25) is 0 Å². The molecular formula is C9H10BrNO2. The Morgan fingerprint density at radius 3 is 2.62 bits per heavy atom. The van der Waals surface area contributed by atoms with Gasteiger partial charge in [0.05, 0.1) is 4.95 Å². The second kappa shape index (κ2) is 3.55. The zero-order valence-corrected chi connectivity index (χ0v) is 8.58. The Labute approximate surface area is 85.0 Å². The number of fused-ring (bicyclic) bond motifs is 1. The van der Waals surface area contributed by atoms with Crippen LogP contribution in [-0.4, -0.2) is 13.2 Å². The van der Waals surface area contributed by atoms with Gasteiger partial charge in [0.25, 0.3) is 0 Å². The summed E-state index contributed by atoms with van der Waals surface area (Å²) in [7, 11) is 0. The molecule has 1 aromatic carbocycles. The number of alkyl halides is 1. The molecule has 2 rings (SSSR count). The molecule has 1 aliphatic heterocycles. The molecule has 1 aromatic rings. The van der Waals surface area contributed by atoms with Gasteiger partial charge in [-0.1, -0.05) is 22.0 Å². The van der Waals surface area contributed by atoms with Gasteiger partial charge in [0.15, 0.2) is 11.5 Å². The Balaban J connectivity index is 2.35. The molecule has 0 saturated carbocycles. The van der Waals surface area contributed by atoms with Crippen LogP contribution >= 0.6 is 15.9 Å². The first kappa shape index (κ1) is 8.84. The van der Waals surface area contributed by atoms with Gasteiger partial charge in [0.2, 0.25) is 0 Å². The van der Waals surface area contributed by atoms with Gasteiger partial charge in [-0.15, -0.1) is 0 Å². The van der Waals surface area contributed by atoms with Crippen molar-refractivity contribution in [2.45, 2.75) is 4.95 Å². The topological polar surface area (TPSA) is 44.5 Å². The molecule has 13 heavy (non-hydrogen) atoms. The summed E-state index contributed by atoms with van der Waals surface area (Å²) in [6.45, 7) is 1.22. The van der Waals surface area contributed by atoms with Crippen LogP contribution < -0.4 is 15.2 Å². The number of hydrogen-bond donors (Lipinski definition) is 1. The molecule has 0 amide bonds. The molecule has 2 N–H and O–H groups in total. The van der Waals surface area contributed by atoms with Gasteiger partial charge in [0, 0.05) is 0 Å². The lowest BCUT2D eigenvalue weighted by Gasteiger charge is -2.19. The van der Waals surface area contributed by atoms with Gasteiger partial charge < -0.3 is 15.2 Å². The van der Waals surface area contributed by atoms with Crippen LogP contribution in [0.2, 0.25) is 0 Å². The predicted molar refractivity (Wildman–Crippen MR) is 53.3 cm³/mol. The van der Waals surface area contributed by atoms with Crippen LogP contribution in [0.5, 0.6) is 11.5 Å². The highest BCUT2D eigenvalue weighted by atomic mass is 79.9. The van der Waals surface area contributed by atoms with Gasteiger partial charge in [-0.25, -0.2) is 0 Å². The first-order valence-electron chi connectivity index (χ1n) is 4.06. The highest BCUT2D eigenvalue weighted by Gasteiger charge is 2.12. The fourth-order valence-electron chi connectivity index (χ4n) is 1.23. The fraction of sp³-hybridized carbons (Fsp3) is 0.333. The lowest BCUT2D eigenvalue weighted by atomic mass is 10.2. The second-order valence-corrected chi connectivity index (χ2v) is 3.79. The number of ether oxygens (including phenoxy) is 2. The molecule has 0 aliphatic carbocycles. The van der Waals surface area contributed by atoms with Crippen LogP contribution in [-0.2, 0) is 0 Å². The number of benzene rings is 1. The number of halogens is 1. The summed E-state index contributed by atoms with van der Waals surface area (Å²) in [6.07, 6.45) is 0. The van der Waals surface area contributed by atoms with Crippen molar-refractivity contribution in [2.24, 2.45) is 5.73 Å². The fourth-order valence-corrected chi connectivity index (χ4v) is 1.52. The first-order chi connectivity index (χ1) is 6.27. The van der Waals surface area contributed by atoms with Crippen molar-refractivity contribution in [1.82, 2.24) is 0 Å². The van der Waals surface area contributed by atoms with E-state index >= 15 is 0 Å². The second-order valence-electron chi connectivity index (χ2n) is 2.80. The van der Waals surface area contributed by atoms with Crippen molar-refractivity contribution in [1.29, 1.82) is 0 Å². The van der Waals surface area contributed by atoms with E-state index in [9.17, 15) is 0 Å². The summed E-state index contributed by atoms with van der Waals surface area (Å²) in [5.74, 6) is 1.57. The SMILES string of the molecule is NC(Br)c1ccc2c(c1)OCCO2. The Morgan fingerprint density at radius 2 is 1.92 bits per heavy atom. The maximum absolute atomic E-state index is 5.67. The Bertz CT molecular complexity index is 314. The standard InChI is InChI=1S/C9H10BrNO2/c10-9(11)6-1-2-7-8(5-6)13-4-3-12-7/h1-2,5,9H,3-4,11H2. The Kier molecular flexibility index (Phi) is 2.42. The molecule has 0 radical (unpaired) electrons. The lowest BCUT2D eigenvalue weighted by molar-refractivity contribution is 0.171. The molecule has 1 unspecified atom stereocenters. The molecular weight excluding hydrogens is 234 g/mol. The van der Waals surface area contributed by atoms with Crippen LogP contribution in [0.25, 0.3) is 0 Å². The van der Waals surface area contributed by atoms with E-state index in [2.05, 4.69) is 15.9 Å². The van der Waals surface area contributed by atoms with Crippen molar-refractivity contribution in [3.05, 3.63) is 23.8 Å². The average Bonchev–Trinajstić information content (AvgIpc) is 2.17. The zero-order chi connectivity index (χ0) is 9.26. The van der Waals surface area contributed by atoms with E-state index in [-0.39, 0.29) is 4.95 Å². The maximum Gasteiger partial charge on any atom is 0.161 e. The van der Waals surface area contributed by atoms with Crippen molar-refractivity contribution in [2.75, 3.05) is 13.2 Å². The van der Waals surface area contributed by atoms with Gasteiger partial charge in [0.1, 0.15) is 13.2 Å². The highest BCUT2D eigenvalue weighted by molar-refractivity contribution is 9.09. The number of hydrogen-bond acceptors (Lipinski definition) is 3. The van der Waals surface area contributed by atoms with Crippen LogP contribution in [0.3, 0.4) is 0 Å². The summed E-state index contributed by atoms with van der Waals surface area (Å²) in [6, 6.07) is 5.70. The monoisotopic (exact) mass is 243 g/mol. The molecule has 70 valence electrons. The summed E-state index contributed by atoms with van der Waals surface area (Å²) < 4.78 is 10.8. The van der Waals surface area contributed by atoms with Gasteiger partial charge in [-0.2, -0.15) is 0 Å². The normalized spacial score (nSPS) is 16.8. The predicted octanol–water partition coefficient (Wildman–Crippen LogP) is 1.81. The van der Waals surface area contributed by atoms with Crippen LogP contribution in [0.15, 0.2) is 18.2 Å². The third-order valence-corrected chi connectivity index (χ3v) is 2.41. The zero-order valence-electron chi connectivity index (χ0n) is 7.00. The first-order valence-corrected chi connectivity index (χ1v) is 4.98. The summed E-state index contributed by atoms with van der Waals surface area (Å²) in [5, 5.41) is 0. The van der Waals surface area contributed by atoms with Crippen molar-refractivity contribution in [3.8, 4) is 11.5 Å². The Morgan fingerprint density at radius 1 is 1.23 bits per heavy atom. The lowest BCUT2D eigenvalue weighted by Crippen LogP contribution is -2.15. The van der Waals surface area contributed by atoms with Crippen molar-refractivity contribution >= 4 is 15.9 Å². The maximum atomic E-state index is 5.67. The number of nitrogens with two attached hydrogens (primary N) is 1.